The second kappa shape index (κ2) is 7.30. The molecule has 4 nitrogen and oxygen atoms in total. The number of thiophene rings is 1. The fourth-order valence-corrected chi connectivity index (χ4v) is 5.45. The van der Waals surface area contributed by atoms with Gasteiger partial charge in [0.05, 0.1) is 21.4 Å². The Morgan fingerprint density at radius 3 is 2.64 bits per heavy atom. The number of fused-ring (bicyclic) bond motifs is 3. The van der Waals surface area contributed by atoms with E-state index in [1.54, 1.807) is 11.3 Å². The van der Waals surface area contributed by atoms with Crippen molar-refractivity contribution in [3.05, 3.63) is 47.0 Å². The number of pyridine rings is 1. The summed E-state index contributed by atoms with van der Waals surface area (Å²) in [7, 11) is 0. The Morgan fingerprint density at radius 2 is 1.86 bits per heavy atom. The van der Waals surface area contributed by atoms with E-state index >= 15 is 0 Å². The number of imidazole rings is 1. The maximum absolute atomic E-state index is 5.10. The molecule has 0 amide bonds. The number of nitrogens with one attached hydrogen (secondary N) is 1. The van der Waals surface area contributed by atoms with Crippen LogP contribution in [0.3, 0.4) is 0 Å². The molecular weight excluding hydrogens is 364 g/mol. The van der Waals surface area contributed by atoms with Crippen molar-refractivity contribution in [2.24, 2.45) is 5.92 Å². The molecule has 1 aliphatic heterocycles. The van der Waals surface area contributed by atoms with Crippen LogP contribution in [-0.2, 0) is 6.54 Å². The highest BCUT2D eigenvalue weighted by Gasteiger charge is 2.21. The zero-order valence-electron chi connectivity index (χ0n) is 16.5. The summed E-state index contributed by atoms with van der Waals surface area (Å²) >= 11 is 1.80. The van der Waals surface area contributed by atoms with Crippen LogP contribution in [0.1, 0.15) is 30.5 Å². The van der Waals surface area contributed by atoms with Gasteiger partial charge in [-0.1, -0.05) is 30.3 Å². The van der Waals surface area contributed by atoms with Gasteiger partial charge in [-0.15, -0.1) is 11.3 Å². The number of hydrogen-bond acceptors (Lipinski definition) is 4. The quantitative estimate of drug-likeness (QED) is 0.513. The summed E-state index contributed by atoms with van der Waals surface area (Å²) in [4.78, 5) is 9.99. The molecule has 3 aromatic heterocycles. The zero-order chi connectivity index (χ0) is 19.1. The number of aryl methyl sites for hydroxylation is 3. The third kappa shape index (κ3) is 3.03. The first kappa shape index (κ1) is 17.8. The van der Waals surface area contributed by atoms with E-state index in [4.69, 9.17) is 9.97 Å². The van der Waals surface area contributed by atoms with E-state index in [2.05, 4.69) is 59.4 Å². The summed E-state index contributed by atoms with van der Waals surface area (Å²) in [6.07, 6.45) is 3.77. The largest absolute Gasteiger partial charge is 0.323 e. The first-order valence-electron chi connectivity index (χ1n) is 10.2. The van der Waals surface area contributed by atoms with E-state index in [0.717, 1.165) is 48.1 Å². The van der Waals surface area contributed by atoms with Crippen LogP contribution < -0.4 is 5.32 Å². The highest BCUT2D eigenvalue weighted by Crippen LogP contribution is 2.36. The van der Waals surface area contributed by atoms with Crippen LogP contribution in [0.5, 0.6) is 0 Å². The van der Waals surface area contributed by atoms with Gasteiger partial charge >= 0.3 is 0 Å². The van der Waals surface area contributed by atoms with Crippen molar-refractivity contribution in [3.8, 4) is 11.4 Å². The Balaban J connectivity index is 1.69. The van der Waals surface area contributed by atoms with E-state index in [0.29, 0.717) is 0 Å². The van der Waals surface area contributed by atoms with Gasteiger partial charge in [0.2, 0.25) is 0 Å². The first-order valence-corrected chi connectivity index (χ1v) is 11.1. The van der Waals surface area contributed by atoms with Crippen LogP contribution in [-0.4, -0.2) is 27.6 Å². The van der Waals surface area contributed by atoms with Crippen molar-refractivity contribution < 1.29 is 0 Å². The van der Waals surface area contributed by atoms with Gasteiger partial charge in [0.25, 0.3) is 0 Å². The van der Waals surface area contributed by atoms with Gasteiger partial charge in [-0.3, -0.25) is 0 Å². The summed E-state index contributed by atoms with van der Waals surface area (Å²) in [6.45, 7) is 7.57. The summed E-state index contributed by atoms with van der Waals surface area (Å²) in [5.41, 5.74) is 6.94. The fraction of sp³-hybridized carbons (Fsp3) is 0.391. The highest BCUT2D eigenvalue weighted by atomic mass is 32.1. The number of nitrogens with zero attached hydrogens (tertiary/aromatic N) is 3. The Bertz CT molecular complexity index is 1120. The van der Waals surface area contributed by atoms with Crippen molar-refractivity contribution in [3.63, 3.8) is 0 Å². The molecule has 5 heteroatoms. The molecule has 0 atom stereocenters. The van der Waals surface area contributed by atoms with Crippen LogP contribution in [0.4, 0.5) is 0 Å². The Hall–Kier alpha value is -2.24. The molecule has 144 valence electrons. The monoisotopic (exact) mass is 390 g/mol. The molecule has 1 saturated heterocycles. The minimum Gasteiger partial charge on any atom is -0.323 e. The summed E-state index contributed by atoms with van der Waals surface area (Å²) < 4.78 is 3.75. The number of benzene rings is 1. The molecule has 1 fully saturated rings. The summed E-state index contributed by atoms with van der Waals surface area (Å²) in [6, 6.07) is 10.6. The predicted molar refractivity (Wildman–Crippen MR) is 118 cm³/mol. The fourth-order valence-electron chi connectivity index (χ4n) is 4.41. The van der Waals surface area contributed by atoms with Gasteiger partial charge in [-0.05, 0) is 63.1 Å². The summed E-state index contributed by atoms with van der Waals surface area (Å²) in [5.74, 6) is 1.87. The Labute approximate surface area is 169 Å². The molecule has 0 bridgehead atoms. The third-order valence-electron chi connectivity index (χ3n) is 6.00. The van der Waals surface area contributed by atoms with Crippen molar-refractivity contribution in [1.82, 2.24) is 19.9 Å². The SMILES string of the molecule is Cc1csc2c1nc(C)c1nc(-c3ccccc3)n(CCC3CCNCC3)c12. The van der Waals surface area contributed by atoms with E-state index < -0.39 is 0 Å². The molecule has 0 saturated carbocycles. The average molecular weight is 391 g/mol. The van der Waals surface area contributed by atoms with Crippen molar-refractivity contribution in [2.45, 2.75) is 39.7 Å². The second-order valence-corrected chi connectivity index (χ2v) is 8.81. The normalized spacial score (nSPS) is 15.6. The lowest BCUT2D eigenvalue weighted by atomic mass is 9.94. The molecule has 0 radical (unpaired) electrons. The molecular formula is C23H26N4S. The molecule has 4 aromatic rings. The molecule has 1 N–H and O–H groups in total. The van der Waals surface area contributed by atoms with E-state index in [-0.39, 0.29) is 0 Å². The van der Waals surface area contributed by atoms with Gasteiger partial charge < -0.3 is 9.88 Å². The van der Waals surface area contributed by atoms with Gasteiger partial charge in [0, 0.05) is 12.1 Å². The maximum Gasteiger partial charge on any atom is 0.141 e. The molecule has 0 unspecified atom stereocenters. The topological polar surface area (TPSA) is 42.7 Å². The van der Waals surface area contributed by atoms with E-state index in [1.807, 2.05) is 0 Å². The molecule has 1 aromatic carbocycles. The molecule has 0 spiro atoms. The van der Waals surface area contributed by atoms with Gasteiger partial charge in [0.1, 0.15) is 11.3 Å². The van der Waals surface area contributed by atoms with Crippen molar-refractivity contribution >= 4 is 32.6 Å². The average Bonchev–Trinajstić information content (AvgIpc) is 3.29. The maximum atomic E-state index is 5.10. The number of rotatable bonds is 4. The first-order chi connectivity index (χ1) is 13.7. The van der Waals surface area contributed by atoms with Crippen molar-refractivity contribution in [2.75, 3.05) is 13.1 Å². The standard InChI is InChI=1S/C23H26N4S/c1-15-14-28-22-19(15)25-16(2)20-21(22)27(13-10-17-8-11-24-12-9-17)23(26-20)18-6-4-3-5-7-18/h3-7,14,17,24H,8-13H2,1-2H3. The highest BCUT2D eigenvalue weighted by molar-refractivity contribution is 7.18. The molecule has 28 heavy (non-hydrogen) atoms. The van der Waals surface area contributed by atoms with Crippen molar-refractivity contribution in [1.29, 1.82) is 0 Å². The molecule has 5 rings (SSSR count). The second-order valence-electron chi connectivity index (χ2n) is 7.93. The smallest absolute Gasteiger partial charge is 0.141 e. The third-order valence-corrected chi connectivity index (χ3v) is 7.09. The summed E-state index contributed by atoms with van der Waals surface area (Å²) in [5, 5.41) is 5.71. The van der Waals surface area contributed by atoms with Crippen LogP contribution in [0.2, 0.25) is 0 Å². The number of piperidine rings is 1. The van der Waals surface area contributed by atoms with Gasteiger partial charge in [-0.25, -0.2) is 9.97 Å². The number of aromatic nitrogens is 3. The van der Waals surface area contributed by atoms with E-state index in [1.165, 1.54) is 40.6 Å². The minimum absolute atomic E-state index is 0.797. The minimum atomic E-state index is 0.797. The molecule has 1 aliphatic rings. The lowest BCUT2D eigenvalue weighted by molar-refractivity contribution is 0.340. The van der Waals surface area contributed by atoms with Crippen LogP contribution in [0, 0.1) is 19.8 Å². The molecule has 4 heterocycles. The van der Waals surface area contributed by atoms with Crippen LogP contribution in [0.25, 0.3) is 32.6 Å². The van der Waals surface area contributed by atoms with E-state index in [9.17, 15) is 0 Å². The van der Waals surface area contributed by atoms with Gasteiger partial charge in [0.15, 0.2) is 0 Å². The Kier molecular flexibility index (Phi) is 4.65. The zero-order valence-corrected chi connectivity index (χ0v) is 17.4. The molecule has 0 aliphatic carbocycles. The number of hydrogen-bond donors (Lipinski definition) is 1. The van der Waals surface area contributed by atoms with Gasteiger partial charge in [-0.2, -0.15) is 0 Å². The van der Waals surface area contributed by atoms with Crippen LogP contribution >= 0.6 is 11.3 Å². The Morgan fingerprint density at radius 1 is 1.07 bits per heavy atom. The van der Waals surface area contributed by atoms with Crippen LogP contribution in [0.15, 0.2) is 35.7 Å². The lowest BCUT2D eigenvalue weighted by Gasteiger charge is -2.23. The lowest BCUT2D eigenvalue weighted by Crippen LogP contribution is -2.28. The predicted octanol–water partition coefficient (Wildman–Crippen LogP) is 5.32.